The van der Waals surface area contributed by atoms with Crippen LogP contribution in [0.2, 0.25) is 0 Å². The number of imide groups is 1. The maximum Gasteiger partial charge on any atom is 0.325 e. The summed E-state index contributed by atoms with van der Waals surface area (Å²) < 4.78 is 6.84. The van der Waals surface area contributed by atoms with Gasteiger partial charge in [0.25, 0.3) is 11.5 Å². The minimum absolute atomic E-state index is 0.0509. The van der Waals surface area contributed by atoms with E-state index < -0.39 is 11.6 Å². The monoisotopic (exact) mass is 438 g/mol. The van der Waals surface area contributed by atoms with Gasteiger partial charge in [-0.2, -0.15) is 0 Å². The zero-order valence-corrected chi connectivity index (χ0v) is 18.1. The van der Waals surface area contributed by atoms with Crippen molar-refractivity contribution in [1.82, 2.24) is 19.6 Å². The van der Waals surface area contributed by atoms with Crippen LogP contribution < -0.4 is 15.6 Å². The Labute approximate surface area is 182 Å². The molecule has 5 rings (SSSR count). The molecule has 0 radical (unpaired) electrons. The predicted molar refractivity (Wildman–Crippen MR) is 115 cm³/mol. The number of rotatable bonds is 4. The zero-order chi connectivity index (χ0) is 21.8. The topological polar surface area (TPSA) is 93.0 Å². The minimum atomic E-state index is -1.19. The first kappa shape index (κ1) is 19.7. The Morgan fingerprint density at radius 1 is 1.16 bits per heavy atom. The van der Waals surface area contributed by atoms with Crippen molar-refractivity contribution in [2.75, 3.05) is 7.11 Å². The summed E-state index contributed by atoms with van der Waals surface area (Å²) in [5, 5.41) is 2.78. The van der Waals surface area contributed by atoms with E-state index in [0.717, 1.165) is 36.3 Å². The van der Waals surface area contributed by atoms with Crippen molar-refractivity contribution in [3.05, 3.63) is 62.5 Å². The third-order valence-electron chi connectivity index (χ3n) is 6.08. The van der Waals surface area contributed by atoms with E-state index in [9.17, 15) is 14.4 Å². The van der Waals surface area contributed by atoms with E-state index in [1.54, 1.807) is 42.7 Å². The van der Waals surface area contributed by atoms with Crippen LogP contribution in [0, 0.1) is 0 Å². The fraction of sp³-hybridized carbons (Fsp3) is 0.364. The van der Waals surface area contributed by atoms with Gasteiger partial charge in [0.15, 0.2) is 4.96 Å². The average Bonchev–Trinajstić information content (AvgIpc) is 3.25. The van der Waals surface area contributed by atoms with Crippen LogP contribution in [0.15, 0.2) is 35.1 Å². The number of fused-ring (bicyclic) bond motifs is 3. The number of hydrogen-bond donors (Lipinski definition) is 1. The van der Waals surface area contributed by atoms with E-state index in [-0.39, 0.29) is 18.0 Å². The number of ether oxygens (including phenoxy) is 1. The van der Waals surface area contributed by atoms with Crippen LogP contribution in [-0.2, 0) is 29.7 Å². The second kappa shape index (κ2) is 7.19. The third-order valence-corrected chi connectivity index (χ3v) is 7.22. The number of hydrogen-bond acceptors (Lipinski definition) is 6. The molecule has 2 aromatic heterocycles. The standard InChI is InChI=1S/C22H22N4O4S/c1-22(13-7-9-15(30-2)10-8-13)19(28)25(20(29)24-22)12-14-11-18(27)26-16-5-3-4-6-17(16)31-21(26)23-14/h7-11H,3-6,12H2,1-2H3,(H,24,29). The molecule has 1 N–H and O–H groups in total. The summed E-state index contributed by atoms with van der Waals surface area (Å²) in [6, 6.07) is 7.93. The van der Waals surface area contributed by atoms with Crippen LogP contribution in [0.4, 0.5) is 4.79 Å². The molecule has 3 aromatic rings. The summed E-state index contributed by atoms with van der Waals surface area (Å²) in [5.74, 6) is 0.285. The second-order valence-electron chi connectivity index (χ2n) is 8.06. The Bertz CT molecular complexity index is 1260. The fourth-order valence-corrected chi connectivity index (χ4v) is 5.58. The molecule has 1 aliphatic heterocycles. The average molecular weight is 439 g/mol. The molecule has 8 nitrogen and oxygen atoms in total. The van der Waals surface area contributed by atoms with Gasteiger partial charge in [-0.15, -0.1) is 11.3 Å². The van der Waals surface area contributed by atoms with Crippen LogP contribution in [-0.4, -0.2) is 33.3 Å². The van der Waals surface area contributed by atoms with E-state index in [4.69, 9.17) is 4.74 Å². The van der Waals surface area contributed by atoms with Crippen LogP contribution in [0.5, 0.6) is 5.75 Å². The third kappa shape index (κ3) is 3.11. The second-order valence-corrected chi connectivity index (χ2v) is 9.12. The normalized spacial score (nSPS) is 20.8. The Kier molecular flexibility index (Phi) is 4.58. The lowest BCUT2D eigenvalue weighted by Gasteiger charge is -2.22. The molecule has 9 heteroatoms. The van der Waals surface area contributed by atoms with Gasteiger partial charge in [0.05, 0.1) is 19.3 Å². The van der Waals surface area contributed by atoms with Crippen molar-refractivity contribution in [1.29, 1.82) is 0 Å². The molecule has 1 saturated heterocycles. The van der Waals surface area contributed by atoms with E-state index in [1.165, 1.54) is 22.3 Å². The van der Waals surface area contributed by atoms with Gasteiger partial charge in [-0.1, -0.05) is 12.1 Å². The van der Waals surface area contributed by atoms with Crippen molar-refractivity contribution in [3.63, 3.8) is 0 Å². The van der Waals surface area contributed by atoms with Crippen molar-refractivity contribution >= 4 is 28.2 Å². The van der Waals surface area contributed by atoms with Gasteiger partial charge < -0.3 is 10.1 Å². The Hall–Kier alpha value is -3.20. The summed E-state index contributed by atoms with van der Waals surface area (Å²) in [4.78, 5) is 46.2. The SMILES string of the molecule is COc1ccc(C2(C)NC(=O)N(Cc3cc(=O)n4c5c(sc4n3)CCCC5)C2=O)cc1. The molecule has 0 spiro atoms. The van der Waals surface area contributed by atoms with Crippen LogP contribution in [0.3, 0.4) is 0 Å². The van der Waals surface area contributed by atoms with Gasteiger partial charge in [0, 0.05) is 16.6 Å². The number of urea groups is 1. The lowest BCUT2D eigenvalue weighted by molar-refractivity contribution is -0.131. The molecule has 1 aromatic carbocycles. The van der Waals surface area contributed by atoms with Gasteiger partial charge in [-0.05, 0) is 50.3 Å². The fourth-order valence-electron chi connectivity index (χ4n) is 4.35. The Balaban J connectivity index is 1.45. The van der Waals surface area contributed by atoms with Gasteiger partial charge >= 0.3 is 6.03 Å². The molecular weight excluding hydrogens is 416 g/mol. The predicted octanol–water partition coefficient (Wildman–Crippen LogP) is 2.61. The van der Waals surface area contributed by atoms with Crippen LogP contribution >= 0.6 is 11.3 Å². The summed E-state index contributed by atoms with van der Waals surface area (Å²) in [6.45, 7) is 1.62. The van der Waals surface area contributed by atoms with E-state index in [0.29, 0.717) is 22.0 Å². The highest BCUT2D eigenvalue weighted by atomic mass is 32.1. The summed E-state index contributed by atoms with van der Waals surface area (Å²) in [7, 11) is 1.57. The van der Waals surface area contributed by atoms with E-state index in [2.05, 4.69) is 10.3 Å². The van der Waals surface area contributed by atoms with Gasteiger partial charge in [-0.3, -0.25) is 18.9 Å². The zero-order valence-electron chi connectivity index (χ0n) is 17.3. The lowest BCUT2D eigenvalue weighted by Crippen LogP contribution is -2.40. The van der Waals surface area contributed by atoms with Crippen molar-refractivity contribution < 1.29 is 14.3 Å². The molecule has 0 saturated carbocycles. The molecule has 2 aliphatic rings. The molecule has 3 heterocycles. The number of thiazole rings is 1. The first-order chi connectivity index (χ1) is 14.9. The number of nitrogens with zero attached hydrogens (tertiary/aromatic N) is 3. The molecular formula is C22H22N4O4S. The maximum absolute atomic E-state index is 13.2. The van der Waals surface area contributed by atoms with Gasteiger partial charge in [0.1, 0.15) is 11.3 Å². The lowest BCUT2D eigenvalue weighted by atomic mass is 9.92. The van der Waals surface area contributed by atoms with E-state index >= 15 is 0 Å². The Morgan fingerprint density at radius 2 is 1.90 bits per heavy atom. The quantitative estimate of drug-likeness (QED) is 0.632. The number of methoxy groups -OCH3 is 1. The minimum Gasteiger partial charge on any atom is -0.497 e. The molecule has 1 aliphatic carbocycles. The number of aromatic nitrogens is 2. The van der Waals surface area contributed by atoms with Crippen LogP contribution in [0.25, 0.3) is 4.96 Å². The Morgan fingerprint density at radius 3 is 2.65 bits per heavy atom. The molecule has 160 valence electrons. The number of benzene rings is 1. The van der Waals surface area contributed by atoms with Crippen molar-refractivity contribution in [3.8, 4) is 5.75 Å². The van der Waals surface area contributed by atoms with Crippen molar-refractivity contribution in [2.24, 2.45) is 0 Å². The molecule has 1 atom stereocenters. The number of amides is 3. The number of aryl methyl sites for hydroxylation is 2. The van der Waals surface area contributed by atoms with Crippen LogP contribution in [0.1, 0.15) is 41.6 Å². The molecule has 1 unspecified atom stereocenters. The molecule has 3 amide bonds. The summed E-state index contributed by atoms with van der Waals surface area (Å²) >= 11 is 1.52. The number of nitrogens with one attached hydrogen (secondary N) is 1. The smallest absolute Gasteiger partial charge is 0.325 e. The molecule has 31 heavy (non-hydrogen) atoms. The largest absolute Gasteiger partial charge is 0.497 e. The highest BCUT2D eigenvalue weighted by Crippen LogP contribution is 2.31. The first-order valence-corrected chi connectivity index (χ1v) is 11.0. The highest BCUT2D eigenvalue weighted by molar-refractivity contribution is 7.17. The summed E-state index contributed by atoms with van der Waals surface area (Å²) in [6.07, 6.45) is 4.03. The van der Waals surface area contributed by atoms with Gasteiger partial charge in [0.2, 0.25) is 0 Å². The number of carbonyl (C=O) groups is 2. The summed E-state index contributed by atoms with van der Waals surface area (Å²) in [5.41, 5.74) is 0.765. The van der Waals surface area contributed by atoms with Crippen molar-refractivity contribution in [2.45, 2.75) is 44.7 Å². The molecule has 0 bridgehead atoms. The highest BCUT2D eigenvalue weighted by Gasteiger charge is 2.49. The maximum atomic E-state index is 13.2. The molecule has 1 fully saturated rings. The van der Waals surface area contributed by atoms with Gasteiger partial charge in [-0.25, -0.2) is 9.78 Å². The first-order valence-electron chi connectivity index (χ1n) is 10.2. The number of carbonyl (C=O) groups excluding carboxylic acids is 2. The van der Waals surface area contributed by atoms with E-state index in [1.807, 2.05) is 0 Å².